The van der Waals surface area contributed by atoms with E-state index in [1.54, 1.807) is 62.4 Å². The van der Waals surface area contributed by atoms with Crippen molar-refractivity contribution in [2.45, 2.75) is 31.3 Å². The SMILES string of the molecule is CCNC(=O)C(C)N(Cc1ccccc1Cl)C(=O)CN(c1cccc(Cl)c1Cl)S(=O)(=O)c1ccccc1. The van der Waals surface area contributed by atoms with Gasteiger partial charge in [-0.2, -0.15) is 0 Å². The van der Waals surface area contributed by atoms with Crippen molar-refractivity contribution < 1.29 is 18.0 Å². The molecule has 7 nitrogen and oxygen atoms in total. The van der Waals surface area contributed by atoms with Gasteiger partial charge in [0.2, 0.25) is 11.8 Å². The Hall–Kier alpha value is -2.78. The monoisotopic (exact) mass is 581 g/mol. The molecule has 0 aliphatic carbocycles. The van der Waals surface area contributed by atoms with E-state index in [1.807, 2.05) is 0 Å². The summed E-state index contributed by atoms with van der Waals surface area (Å²) in [6.07, 6.45) is 0. The van der Waals surface area contributed by atoms with Crippen LogP contribution < -0.4 is 9.62 Å². The maximum Gasteiger partial charge on any atom is 0.264 e. The zero-order valence-corrected chi connectivity index (χ0v) is 23.3. The van der Waals surface area contributed by atoms with Gasteiger partial charge in [0, 0.05) is 18.1 Å². The van der Waals surface area contributed by atoms with Crippen molar-refractivity contribution in [2.24, 2.45) is 0 Å². The first-order valence-corrected chi connectivity index (χ1v) is 14.0. The van der Waals surface area contributed by atoms with Crippen LogP contribution in [0, 0.1) is 0 Å². The minimum Gasteiger partial charge on any atom is -0.355 e. The molecule has 0 bridgehead atoms. The Balaban J connectivity index is 2.08. The van der Waals surface area contributed by atoms with Gasteiger partial charge < -0.3 is 10.2 Å². The number of benzene rings is 3. The predicted octanol–water partition coefficient (Wildman–Crippen LogP) is 5.40. The standard InChI is InChI=1S/C26H26Cl3N3O4S/c1-3-30-26(34)18(2)31(16-19-10-7-8-13-21(19)27)24(33)17-32(23-15-9-14-22(28)25(23)29)37(35,36)20-11-5-4-6-12-20/h4-15,18H,3,16-17H2,1-2H3,(H,30,34). The van der Waals surface area contributed by atoms with Gasteiger partial charge in [-0.15, -0.1) is 0 Å². The summed E-state index contributed by atoms with van der Waals surface area (Å²) in [4.78, 5) is 27.8. The van der Waals surface area contributed by atoms with Gasteiger partial charge in [-0.1, -0.05) is 77.3 Å². The fourth-order valence-corrected chi connectivity index (χ4v) is 5.72. The van der Waals surface area contributed by atoms with E-state index in [1.165, 1.54) is 29.2 Å². The molecule has 3 rings (SSSR count). The Morgan fingerprint density at radius 1 is 0.892 bits per heavy atom. The molecule has 0 heterocycles. The number of rotatable bonds is 10. The van der Waals surface area contributed by atoms with E-state index in [0.29, 0.717) is 17.1 Å². The second-order valence-electron chi connectivity index (χ2n) is 8.08. The number of likely N-dealkylation sites (N-methyl/N-ethyl adjacent to an activating group) is 1. The van der Waals surface area contributed by atoms with Crippen molar-refractivity contribution in [3.8, 4) is 0 Å². The van der Waals surface area contributed by atoms with Crippen LogP contribution in [0.5, 0.6) is 0 Å². The second-order valence-corrected chi connectivity index (χ2v) is 11.1. The fourth-order valence-electron chi connectivity index (χ4n) is 3.63. The molecular formula is C26H26Cl3N3O4S. The fraction of sp³-hybridized carbons (Fsp3) is 0.231. The van der Waals surface area contributed by atoms with E-state index in [0.717, 1.165) is 4.31 Å². The van der Waals surface area contributed by atoms with Crippen LogP contribution in [0.25, 0.3) is 0 Å². The molecular weight excluding hydrogens is 557 g/mol. The number of hydrogen-bond donors (Lipinski definition) is 1. The summed E-state index contributed by atoms with van der Waals surface area (Å²) in [5.41, 5.74) is 0.640. The number of sulfonamides is 1. The summed E-state index contributed by atoms with van der Waals surface area (Å²) in [6, 6.07) is 18.2. The summed E-state index contributed by atoms with van der Waals surface area (Å²) in [5, 5.41) is 3.22. The van der Waals surface area contributed by atoms with Gasteiger partial charge in [0.1, 0.15) is 12.6 Å². The smallest absolute Gasteiger partial charge is 0.264 e. The number of amides is 2. The molecule has 0 aromatic heterocycles. The zero-order valence-electron chi connectivity index (χ0n) is 20.2. The van der Waals surface area contributed by atoms with Crippen LogP contribution in [-0.4, -0.2) is 44.3 Å². The third-order valence-electron chi connectivity index (χ3n) is 5.63. The van der Waals surface area contributed by atoms with Crippen molar-refractivity contribution in [1.29, 1.82) is 0 Å². The maximum atomic E-state index is 13.8. The lowest BCUT2D eigenvalue weighted by molar-refractivity contribution is -0.139. The van der Waals surface area contributed by atoms with Crippen LogP contribution in [0.15, 0.2) is 77.7 Å². The Morgan fingerprint density at radius 2 is 1.51 bits per heavy atom. The lowest BCUT2D eigenvalue weighted by atomic mass is 10.1. The normalized spacial score (nSPS) is 12.0. The largest absolute Gasteiger partial charge is 0.355 e. The molecule has 0 radical (unpaired) electrons. The van der Waals surface area contributed by atoms with Crippen molar-refractivity contribution in [2.75, 3.05) is 17.4 Å². The molecule has 0 aliphatic heterocycles. The van der Waals surface area contributed by atoms with Crippen LogP contribution >= 0.6 is 34.8 Å². The number of carbonyl (C=O) groups excluding carboxylic acids is 2. The van der Waals surface area contributed by atoms with Crippen molar-refractivity contribution in [3.05, 3.63) is 93.4 Å². The molecule has 1 atom stereocenters. The molecule has 2 amide bonds. The average molecular weight is 583 g/mol. The van der Waals surface area contributed by atoms with Gasteiger partial charge in [0.15, 0.2) is 0 Å². The van der Waals surface area contributed by atoms with Crippen LogP contribution in [0.4, 0.5) is 5.69 Å². The zero-order chi connectivity index (χ0) is 27.2. The predicted molar refractivity (Wildman–Crippen MR) is 148 cm³/mol. The Bertz CT molecular complexity index is 1370. The average Bonchev–Trinajstić information content (AvgIpc) is 2.88. The van der Waals surface area contributed by atoms with Gasteiger partial charge >= 0.3 is 0 Å². The van der Waals surface area contributed by atoms with Crippen molar-refractivity contribution >= 4 is 62.3 Å². The van der Waals surface area contributed by atoms with E-state index in [-0.39, 0.29) is 33.1 Å². The molecule has 1 unspecified atom stereocenters. The first-order chi connectivity index (χ1) is 17.6. The molecule has 0 fully saturated rings. The number of nitrogens with zero attached hydrogens (tertiary/aromatic N) is 2. The van der Waals surface area contributed by atoms with Gasteiger partial charge in [0.25, 0.3) is 10.0 Å². The molecule has 37 heavy (non-hydrogen) atoms. The number of carbonyl (C=O) groups is 2. The highest BCUT2D eigenvalue weighted by molar-refractivity contribution is 7.92. The molecule has 3 aromatic rings. The van der Waals surface area contributed by atoms with E-state index in [9.17, 15) is 18.0 Å². The van der Waals surface area contributed by atoms with E-state index < -0.39 is 28.5 Å². The lowest BCUT2D eigenvalue weighted by Gasteiger charge is -2.32. The van der Waals surface area contributed by atoms with Gasteiger partial charge in [-0.05, 0) is 49.7 Å². The third-order valence-corrected chi connectivity index (χ3v) is 8.58. The van der Waals surface area contributed by atoms with E-state index >= 15 is 0 Å². The topological polar surface area (TPSA) is 86.8 Å². The first kappa shape index (κ1) is 28.8. The Kier molecular flexibility index (Phi) is 9.84. The quantitative estimate of drug-likeness (QED) is 0.347. The first-order valence-electron chi connectivity index (χ1n) is 11.4. The Labute approximate surface area is 232 Å². The molecule has 0 spiro atoms. The molecule has 11 heteroatoms. The highest BCUT2D eigenvalue weighted by atomic mass is 35.5. The van der Waals surface area contributed by atoms with Crippen LogP contribution in [0.2, 0.25) is 15.1 Å². The van der Waals surface area contributed by atoms with Crippen molar-refractivity contribution in [3.63, 3.8) is 0 Å². The number of anilines is 1. The molecule has 196 valence electrons. The van der Waals surface area contributed by atoms with Crippen LogP contribution in [0.1, 0.15) is 19.4 Å². The highest BCUT2D eigenvalue weighted by Crippen LogP contribution is 2.35. The minimum atomic E-state index is -4.24. The number of halogens is 3. The summed E-state index contributed by atoms with van der Waals surface area (Å²) in [5.74, 6) is -1.02. The Morgan fingerprint density at radius 3 is 2.16 bits per heavy atom. The van der Waals surface area contributed by atoms with E-state index in [2.05, 4.69) is 5.32 Å². The van der Waals surface area contributed by atoms with Crippen LogP contribution in [0.3, 0.4) is 0 Å². The summed E-state index contributed by atoms with van der Waals surface area (Å²) >= 11 is 18.9. The number of hydrogen-bond acceptors (Lipinski definition) is 4. The van der Waals surface area contributed by atoms with Crippen molar-refractivity contribution in [1.82, 2.24) is 10.2 Å². The van der Waals surface area contributed by atoms with E-state index in [4.69, 9.17) is 34.8 Å². The number of nitrogens with one attached hydrogen (secondary N) is 1. The molecule has 0 aliphatic rings. The van der Waals surface area contributed by atoms with Gasteiger partial charge in [-0.3, -0.25) is 13.9 Å². The molecule has 0 saturated carbocycles. The third kappa shape index (κ3) is 6.76. The summed E-state index contributed by atoms with van der Waals surface area (Å²) in [6.45, 7) is 3.05. The maximum absolute atomic E-state index is 13.8. The summed E-state index contributed by atoms with van der Waals surface area (Å²) in [7, 11) is -4.24. The van der Waals surface area contributed by atoms with Crippen LogP contribution in [-0.2, 0) is 26.2 Å². The molecule has 1 N–H and O–H groups in total. The minimum absolute atomic E-state index is 0.0146. The molecule has 3 aromatic carbocycles. The van der Waals surface area contributed by atoms with Gasteiger partial charge in [-0.25, -0.2) is 8.42 Å². The lowest BCUT2D eigenvalue weighted by Crippen LogP contribution is -2.51. The summed E-state index contributed by atoms with van der Waals surface area (Å²) < 4.78 is 28.4. The molecule has 0 saturated heterocycles. The highest BCUT2D eigenvalue weighted by Gasteiger charge is 2.33. The second kappa shape index (κ2) is 12.6. The van der Waals surface area contributed by atoms with Gasteiger partial charge in [0.05, 0.1) is 20.6 Å².